The van der Waals surface area contributed by atoms with Crippen LogP contribution in [0.15, 0.2) is 53.7 Å². The average Bonchev–Trinajstić information content (AvgIpc) is 2.68. The van der Waals surface area contributed by atoms with E-state index in [2.05, 4.69) is 32.3 Å². The van der Waals surface area contributed by atoms with Crippen LogP contribution >= 0.6 is 0 Å². The number of benzene rings is 2. The molecule has 0 saturated carbocycles. The van der Waals surface area contributed by atoms with Crippen LogP contribution in [-0.2, 0) is 9.84 Å². The highest BCUT2D eigenvalue weighted by Crippen LogP contribution is 2.27. The Balaban J connectivity index is 1.63. The minimum Gasteiger partial charge on any atom is -0.372 e. The van der Waals surface area contributed by atoms with Gasteiger partial charge in [0.05, 0.1) is 10.4 Å². The number of anilines is 3. The molecular weight excluding hydrogens is 360 g/mol. The number of aromatic nitrogens is 2. The summed E-state index contributed by atoms with van der Waals surface area (Å²) in [6.07, 6.45) is 6.48. The van der Waals surface area contributed by atoms with Gasteiger partial charge in [-0.1, -0.05) is 0 Å². The number of hydrogen-bond acceptors (Lipinski definition) is 6. The van der Waals surface area contributed by atoms with Crippen LogP contribution in [-0.4, -0.2) is 37.7 Å². The Bertz CT molecular complexity index is 1060. The fraction of sp³-hybridized carbons (Fsp3) is 0.300. The summed E-state index contributed by atoms with van der Waals surface area (Å²) in [6, 6.07) is 13.2. The van der Waals surface area contributed by atoms with E-state index in [4.69, 9.17) is 0 Å². The molecule has 1 saturated heterocycles. The molecule has 0 aliphatic carbocycles. The molecular formula is C20H22N4O2S. The van der Waals surface area contributed by atoms with Gasteiger partial charge in [-0.05, 0) is 61.7 Å². The van der Waals surface area contributed by atoms with E-state index in [1.807, 2.05) is 12.1 Å². The van der Waals surface area contributed by atoms with Gasteiger partial charge < -0.3 is 10.2 Å². The van der Waals surface area contributed by atoms with Crippen LogP contribution in [0.2, 0.25) is 0 Å². The molecule has 1 aliphatic rings. The van der Waals surface area contributed by atoms with Crippen molar-refractivity contribution in [2.45, 2.75) is 24.2 Å². The third kappa shape index (κ3) is 3.88. The van der Waals surface area contributed by atoms with Gasteiger partial charge in [-0.15, -0.1) is 0 Å². The van der Waals surface area contributed by atoms with Crippen LogP contribution in [0.5, 0.6) is 0 Å². The molecule has 2 heterocycles. The molecule has 1 aliphatic heterocycles. The molecule has 0 amide bonds. The van der Waals surface area contributed by atoms with Gasteiger partial charge >= 0.3 is 0 Å². The Morgan fingerprint density at radius 1 is 0.963 bits per heavy atom. The first-order valence-electron chi connectivity index (χ1n) is 9.07. The molecule has 3 aromatic rings. The second-order valence-corrected chi connectivity index (χ2v) is 8.91. The normalized spacial score (nSPS) is 15.1. The lowest BCUT2D eigenvalue weighted by atomic mass is 10.1. The molecule has 0 spiro atoms. The first-order chi connectivity index (χ1) is 13.0. The summed E-state index contributed by atoms with van der Waals surface area (Å²) in [5.41, 5.74) is 2.83. The van der Waals surface area contributed by atoms with Gasteiger partial charge in [0.15, 0.2) is 9.84 Å². The monoisotopic (exact) mass is 382 g/mol. The molecule has 7 heteroatoms. The van der Waals surface area contributed by atoms with E-state index in [1.54, 1.807) is 18.2 Å². The summed E-state index contributed by atoms with van der Waals surface area (Å²) in [5.74, 6) is 0.594. The molecule has 0 radical (unpaired) electrons. The maximum Gasteiger partial charge on any atom is 0.175 e. The minimum absolute atomic E-state index is 0.258. The van der Waals surface area contributed by atoms with Crippen LogP contribution in [0, 0.1) is 0 Å². The molecule has 4 rings (SSSR count). The number of nitrogens with one attached hydrogen (secondary N) is 1. The maximum absolute atomic E-state index is 11.9. The topological polar surface area (TPSA) is 75.2 Å². The number of rotatable bonds is 4. The summed E-state index contributed by atoms with van der Waals surface area (Å²) in [7, 11) is -3.29. The predicted octanol–water partition coefficient (Wildman–Crippen LogP) is 3.77. The Morgan fingerprint density at radius 3 is 2.41 bits per heavy atom. The summed E-state index contributed by atoms with van der Waals surface area (Å²) in [4.78, 5) is 11.2. The molecule has 1 fully saturated rings. The van der Waals surface area contributed by atoms with E-state index in [9.17, 15) is 8.42 Å². The molecule has 140 valence electrons. The van der Waals surface area contributed by atoms with Crippen molar-refractivity contribution in [3.63, 3.8) is 0 Å². The highest BCUT2D eigenvalue weighted by atomic mass is 32.2. The molecule has 0 atom stereocenters. The Morgan fingerprint density at radius 2 is 1.70 bits per heavy atom. The summed E-state index contributed by atoms with van der Waals surface area (Å²) >= 11 is 0. The zero-order valence-electron chi connectivity index (χ0n) is 15.2. The zero-order chi connectivity index (χ0) is 18.9. The van der Waals surface area contributed by atoms with Crippen molar-refractivity contribution >= 4 is 37.9 Å². The third-order valence-corrected chi connectivity index (χ3v) is 6.00. The molecule has 1 N–H and O–H groups in total. The number of sulfone groups is 1. The second kappa shape index (κ2) is 7.15. The van der Waals surface area contributed by atoms with E-state index >= 15 is 0 Å². The van der Waals surface area contributed by atoms with E-state index in [-0.39, 0.29) is 4.90 Å². The van der Waals surface area contributed by atoms with Crippen molar-refractivity contribution in [1.29, 1.82) is 0 Å². The highest BCUT2D eigenvalue weighted by molar-refractivity contribution is 7.90. The van der Waals surface area contributed by atoms with Crippen molar-refractivity contribution in [1.82, 2.24) is 9.97 Å². The average molecular weight is 382 g/mol. The van der Waals surface area contributed by atoms with Crippen LogP contribution in [0.25, 0.3) is 10.9 Å². The van der Waals surface area contributed by atoms with Crippen molar-refractivity contribution < 1.29 is 8.42 Å². The van der Waals surface area contributed by atoms with E-state index in [1.165, 1.54) is 37.5 Å². The van der Waals surface area contributed by atoms with E-state index in [0.717, 1.165) is 18.8 Å². The predicted molar refractivity (Wildman–Crippen MR) is 108 cm³/mol. The van der Waals surface area contributed by atoms with E-state index in [0.29, 0.717) is 16.7 Å². The number of hydrogen-bond donors (Lipinski definition) is 1. The van der Waals surface area contributed by atoms with Crippen LogP contribution in [0.1, 0.15) is 19.3 Å². The smallest absolute Gasteiger partial charge is 0.175 e. The lowest BCUT2D eigenvalue weighted by Gasteiger charge is -2.28. The van der Waals surface area contributed by atoms with Crippen molar-refractivity contribution in [2.24, 2.45) is 0 Å². The maximum atomic E-state index is 11.9. The minimum atomic E-state index is -3.29. The van der Waals surface area contributed by atoms with Gasteiger partial charge in [-0.25, -0.2) is 18.4 Å². The van der Waals surface area contributed by atoms with Gasteiger partial charge in [-0.3, -0.25) is 0 Å². The summed E-state index contributed by atoms with van der Waals surface area (Å²) < 4.78 is 23.7. The third-order valence-electron chi connectivity index (χ3n) is 4.89. The first kappa shape index (κ1) is 17.7. The fourth-order valence-corrected chi connectivity index (χ4v) is 4.06. The quantitative estimate of drug-likeness (QED) is 0.740. The van der Waals surface area contributed by atoms with Crippen molar-refractivity contribution in [3.8, 4) is 0 Å². The van der Waals surface area contributed by atoms with Gasteiger partial charge in [0.2, 0.25) is 0 Å². The number of piperidine rings is 1. The van der Waals surface area contributed by atoms with Crippen molar-refractivity contribution in [3.05, 3.63) is 48.8 Å². The molecule has 1 aromatic heterocycles. The van der Waals surface area contributed by atoms with Crippen molar-refractivity contribution in [2.75, 3.05) is 29.6 Å². The highest BCUT2D eigenvalue weighted by Gasteiger charge is 2.13. The number of nitrogens with zero attached hydrogens (tertiary/aromatic N) is 3. The summed E-state index contributed by atoms with van der Waals surface area (Å²) in [6.45, 7) is 2.22. The SMILES string of the molecule is CS(=O)(=O)c1ccc2ncnc(Nc3ccc(N4CCCCC4)cc3)c2c1. The lowest BCUT2D eigenvalue weighted by Crippen LogP contribution is -2.29. The largest absolute Gasteiger partial charge is 0.372 e. The second-order valence-electron chi connectivity index (χ2n) is 6.89. The number of fused-ring (bicyclic) bond motifs is 1. The molecule has 0 unspecified atom stereocenters. The van der Waals surface area contributed by atoms with Crippen LogP contribution in [0.3, 0.4) is 0 Å². The van der Waals surface area contributed by atoms with Gasteiger partial charge in [-0.2, -0.15) is 0 Å². The molecule has 6 nitrogen and oxygen atoms in total. The summed E-state index contributed by atoms with van der Waals surface area (Å²) in [5, 5.41) is 3.97. The first-order valence-corrected chi connectivity index (χ1v) is 11.0. The fourth-order valence-electron chi connectivity index (χ4n) is 3.41. The zero-order valence-corrected chi connectivity index (χ0v) is 16.0. The molecule has 0 bridgehead atoms. The van der Waals surface area contributed by atoms with Gasteiger partial charge in [0.1, 0.15) is 12.1 Å². The molecule has 2 aromatic carbocycles. The molecule has 27 heavy (non-hydrogen) atoms. The standard InChI is InChI=1S/C20H22N4O2S/c1-27(25,26)17-9-10-19-18(13-17)20(22-14-21-19)23-15-5-7-16(8-6-15)24-11-3-2-4-12-24/h5-10,13-14H,2-4,11-12H2,1H3,(H,21,22,23). The van der Waals surface area contributed by atoms with Gasteiger partial charge in [0, 0.05) is 36.1 Å². The van der Waals surface area contributed by atoms with Gasteiger partial charge in [0.25, 0.3) is 0 Å². The van der Waals surface area contributed by atoms with Crippen LogP contribution in [0.4, 0.5) is 17.2 Å². The van der Waals surface area contributed by atoms with Crippen LogP contribution < -0.4 is 10.2 Å². The Kier molecular flexibility index (Phi) is 4.70. The Labute approximate surface area is 159 Å². The lowest BCUT2D eigenvalue weighted by molar-refractivity contribution is 0.578. The Hall–Kier alpha value is -2.67. The van der Waals surface area contributed by atoms with E-state index < -0.39 is 9.84 Å².